The van der Waals surface area contributed by atoms with Gasteiger partial charge in [0.1, 0.15) is 17.3 Å². The minimum Gasteiger partial charge on any atom is -0.494 e. The summed E-state index contributed by atoms with van der Waals surface area (Å²) in [5.41, 5.74) is 1.23. The number of hydrogen-bond acceptors (Lipinski definition) is 5. The summed E-state index contributed by atoms with van der Waals surface area (Å²) in [6.45, 7) is 6.21. The van der Waals surface area contributed by atoms with Gasteiger partial charge in [-0.1, -0.05) is 6.07 Å². The standard InChI is InChI=1S/C23H26N2O5S/c1-5-29-20-12-9-19(10-13-20)24-31(27,28)22-14-18(8-6-16(22)2)23(26)25(4)15-21-11-7-17(3)30-21/h6-14,24H,5,15H2,1-4H3. The molecule has 0 spiro atoms. The number of nitrogens with one attached hydrogen (secondary N) is 1. The molecule has 8 heteroatoms. The Kier molecular flexibility index (Phi) is 6.70. The summed E-state index contributed by atoms with van der Waals surface area (Å²) >= 11 is 0. The molecular weight excluding hydrogens is 416 g/mol. The minimum absolute atomic E-state index is 0.0504. The maximum Gasteiger partial charge on any atom is 0.262 e. The number of ether oxygens (including phenoxy) is 1. The fraction of sp³-hybridized carbons (Fsp3) is 0.261. The number of anilines is 1. The Bertz CT molecular complexity index is 1170. The van der Waals surface area contributed by atoms with Gasteiger partial charge in [0, 0.05) is 18.3 Å². The zero-order valence-corrected chi connectivity index (χ0v) is 18.8. The lowest BCUT2D eigenvalue weighted by Gasteiger charge is -2.17. The molecule has 3 rings (SSSR count). The van der Waals surface area contributed by atoms with E-state index in [9.17, 15) is 13.2 Å². The molecule has 3 aromatic rings. The highest BCUT2D eigenvalue weighted by Crippen LogP contribution is 2.23. The van der Waals surface area contributed by atoms with Crippen molar-refractivity contribution < 1.29 is 22.4 Å². The van der Waals surface area contributed by atoms with E-state index in [1.807, 2.05) is 26.0 Å². The van der Waals surface area contributed by atoms with Crippen LogP contribution in [0.25, 0.3) is 0 Å². The van der Waals surface area contributed by atoms with E-state index in [4.69, 9.17) is 9.15 Å². The van der Waals surface area contributed by atoms with Crippen LogP contribution in [-0.4, -0.2) is 32.9 Å². The minimum atomic E-state index is -3.89. The lowest BCUT2D eigenvalue weighted by atomic mass is 10.1. The van der Waals surface area contributed by atoms with Gasteiger partial charge in [0.15, 0.2) is 0 Å². The number of amides is 1. The van der Waals surface area contributed by atoms with Crippen LogP contribution in [0.15, 0.2) is 63.9 Å². The van der Waals surface area contributed by atoms with Gasteiger partial charge in [-0.15, -0.1) is 0 Å². The Labute approximate surface area is 182 Å². The van der Waals surface area contributed by atoms with Crippen molar-refractivity contribution in [2.45, 2.75) is 32.2 Å². The second kappa shape index (κ2) is 9.26. The molecule has 0 aliphatic heterocycles. The first-order valence-electron chi connectivity index (χ1n) is 9.86. The number of sulfonamides is 1. The highest BCUT2D eigenvalue weighted by atomic mass is 32.2. The smallest absolute Gasteiger partial charge is 0.262 e. The van der Waals surface area contributed by atoms with Crippen molar-refractivity contribution in [1.82, 2.24) is 4.90 Å². The van der Waals surface area contributed by atoms with Crippen molar-refractivity contribution in [3.05, 3.63) is 77.2 Å². The first-order chi connectivity index (χ1) is 14.7. The number of furan rings is 1. The van der Waals surface area contributed by atoms with Crippen molar-refractivity contribution in [2.75, 3.05) is 18.4 Å². The molecule has 1 N–H and O–H groups in total. The molecular formula is C23H26N2O5S. The normalized spacial score (nSPS) is 11.2. The highest BCUT2D eigenvalue weighted by Gasteiger charge is 2.21. The molecule has 0 aliphatic carbocycles. The Hall–Kier alpha value is -3.26. The van der Waals surface area contributed by atoms with E-state index < -0.39 is 10.0 Å². The lowest BCUT2D eigenvalue weighted by Crippen LogP contribution is -2.26. The summed E-state index contributed by atoms with van der Waals surface area (Å²) in [5.74, 6) is 1.78. The first kappa shape index (κ1) is 22.4. The Morgan fingerprint density at radius 2 is 1.77 bits per heavy atom. The van der Waals surface area contributed by atoms with E-state index >= 15 is 0 Å². The van der Waals surface area contributed by atoms with Crippen LogP contribution in [0, 0.1) is 13.8 Å². The average Bonchev–Trinajstić information content (AvgIpc) is 3.13. The third kappa shape index (κ3) is 5.46. The van der Waals surface area contributed by atoms with Crippen molar-refractivity contribution >= 4 is 21.6 Å². The molecule has 0 saturated carbocycles. The van der Waals surface area contributed by atoms with E-state index in [0.717, 1.165) is 5.76 Å². The number of nitrogens with zero attached hydrogens (tertiary/aromatic N) is 1. The van der Waals surface area contributed by atoms with Gasteiger partial charge in [-0.3, -0.25) is 9.52 Å². The van der Waals surface area contributed by atoms with Crippen molar-refractivity contribution in [2.24, 2.45) is 0 Å². The molecule has 0 radical (unpaired) electrons. The monoisotopic (exact) mass is 442 g/mol. The van der Waals surface area contributed by atoms with Crippen molar-refractivity contribution in [3.63, 3.8) is 0 Å². The van der Waals surface area contributed by atoms with Crippen LogP contribution in [0.2, 0.25) is 0 Å². The van der Waals surface area contributed by atoms with E-state index in [2.05, 4.69) is 4.72 Å². The van der Waals surface area contributed by atoms with Crippen LogP contribution in [-0.2, 0) is 16.6 Å². The van der Waals surface area contributed by atoms with Gasteiger partial charge in [-0.2, -0.15) is 0 Å². The van der Waals surface area contributed by atoms with Crippen LogP contribution in [0.3, 0.4) is 0 Å². The summed E-state index contributed by atoms with van der Waals surface area (Å²) < 4.78 is 39.4. The molecule has 0 bridgehead atoms. The number of aryl methyl sites for hydroxylation is 2. The molecule has 0 atom stereocenters. The topological polar surface area (TPSA) is 88.8 Å². The predicted octanol–water partition coefficient (Wildman–Crippen LogP) is 4.37. The molecule has 2 aromatic carbocycles. The molecule has 31 heavy (non-hydrogen) atoms. The fourth-order valence-corrected chi connectivity index (χ4v) is 4.45. The lowest BCUT2D eigenvalue weighted by molar-refractivity contribution is 0.0774. The van der Waals surface area contributed by atoms with Gasteiger partial charge in [0.05, 0.1) is 18.0 Å². The molecule has 0 aliphatic rings. The number of carbonyl (C=O) groups excluding carboxylic acids is 1. The van der Waals surface area contributed by atoms with Gasteiger partial charge in [-0.05, 0) is 74.9 Å². The Balaban J connectivity index is 1.81. The van der Waals surface area contributed by atoms with Crippen LogP contribution in [0.4, 0.5) is 5.69 Å². The quantitative estimate of drug-likeness (QED) is 0.560. The third-order valence-electron chi connectivity index (χ3n) is 4.68. The summed E-state index contributed by atoms with van der Waals surface area (Å²) in [7, 11) is -2.24. The van der Waals surface area contributed by atoms with Crippen LogP contribution in [0.1, 0.15) is 34.4 Å². The summed E-state index contributed by atoms with van der Waals surface area (Å²) in [4.78, 5) is 14.4. The summed E-state index contributed by atoms with van der Waals surface area (Å²) in [5, 5.41) is 0. The number of carbonyl (C=O) groups is 1. The summed E-state index contributed by atoms with van der Waals surface area (Å²) in [6.07, 6.45) is 0. The zero-order valence-electron chi connectivity index (χ0n) is 18.0. The maximum absolute atomic E-state index is 13.0. The van der Waals surface area contributed by atoms with Gasteiger partial charge in [0.2, 0.25) is 0 Å². The van der Waals surface area contributed by atoms with E-state index in [1.54, 1.807) is 50.4 Å². The van der Waals surface area contributed by atoms with Crippen LogP contribution in [0.5, 0.6) is 5.75 Å². The molecule has 0 saturated heterocycles. The van der Waals surface area contributed by atoms with Crippen LogP contribution >= 0.6 is 0 Å². The Morgan fingerprint density at radius 3 is 2.39 bits per heavy atom. The SMILES string of the molecule is CCOc1ccc(NS(=O)(=O)c2cc(C(=O)N(C)Cc3ccc(C)o3)ccc2C)cc1. The zero-order chi connectivity index (χ0) is 22.6. The van der Waals surface area contributed by atoms with Gasteiger partial charge >= 0.3 is 0 Å². The molecule has 0 fully saturated rings. The third-order valence-corrected chi connectivity index (χ3v) is 6.20. The van der Waals surface area contributed by atoms with Crippen molar-refractivity contribution in [3.8, 4) is 5.75 Å². The molecule has 0 unspecified atom stereocenters. The largest absolute Gasteiger partial charge is 0.494 e. The van der Waals surface area contributed by atoms with Crippen LogP contribution < -0.4 is 9.46 Å². The average molecular weight is 443 g/mol. The molecule has 164 valence electrons. The molecule has 1 aromatic heterocycles. The van der Waals surface area contributed by atoms with Crippen molar-refractivity contribution in [1.29, 1.82) is 0 Å². The summed E-state index contributed by atoms with van der Waals surface area (Å²) in [6, 6.07) is 14.9. The fourth-order valence-electron chi connectivity index (χ4n) is 3.11. The number of hydrogen-bond donors (Lipinski definition) is 1. The second-order valence-corrected chi connectivity index (χ2v) is 8.87. The number of benzene rings is 2. The van der Waals surface area contributed by atoms with E-state index in [0.29, 0.717) is 29.4 Å². The van der Waals surface area contributed by atoms with Gasteiger partial charge in [0.25, 0.3) is 15.9 Å². The predicted molar refractivity (Wildman–Crippen MR) is 119 cm³/mol. The number of rotatable bonds is 8. The first-order valence-corrected chi connectivity index (χ1v) is 11.3. The highest BCUT2D eigenvalue weighted by molar-refractivity contribution is 7.92. The molecule has 1 heterocycles. The Morgan fingerprint density at radius 1 is 1.06 bits per heavy atom. The second-order valence-electron chi connectivity index (χ2n) is 7.22. The van der Waals surface area contributed by atoms with Gasteiger partial charge in [-0.25, -0.2) is 8.42 Å². The van der Waals surface area contributed by atoms with E-state index in [-0.39, 0.29) is 22.9 Å². The van der Waals surface area contributed by atoms with Gasteiger partial charge < -0.3 is 14.1 Å². The van der Waals surface area contributed by atoms with E-state index in [1.165, 1.54) is 11.0 Å². The molecule has 1 amide bonds. The molecule has 7 nitrogen and oxygen atoms in total. The maximum atomic E-state index is 13.0.